The summed E-state index contributed by atoms with van der Waals surface area (Å²) in [6, 6.07) is 4.71. The molecule has 112 valence electrons. The summed E-state index contributed by atoms with van der Waals surface area (Å²) in [5.74, 6) is 0.800. The fourth-order valence-electron chi connectivity index (χ4n) is 2.90. The number of hydrogen-bond acceptors (Lipinski definition) is 5. The third-order valence-electron chi connectivity index (χ3n) is 3.99. The minimum Gasteiger partial charge on any atom is -0.347 e. The van der Waals surface area contributed by atoms with Crippen molar-refractivity contribution in [2.75, 3.05) is 25.5 Å². The molecule has 4 nitrogen and oxygen atoms in total. The highest BCUT2D eigenvalue weighted by Crippen LogP contribution is 2.31. The van der Waals surface area contributed by atoms with Crippen molar-refractivity contribution in [1.82, 2.24) is 14.9 Å². The molecule has 0 spiro atoms. The van der Waals surface area contributed by atoms with Gasteiger partial charge >= 0.3 is 0 Å². The van der Waals surface area contributed by atoms with E-state index in [0.717, 1.165) is 24.7 Å². The van der Waals surface area contributed by atoms with Gasteiger partial charge < -0.3 is 4.90 Å². The van der Waals surface area contributed by atoms with Crippen molar-refractivity contribution in [3.8, 4) is 0 Å². The molecule has 3 rings (SSSR count). The molecule has 1 unspecified atom stereocenters. The van der Waals surface area contributed by atoms with Gasteiger partial charge in [0.15, 0.2) is 0 Å². The molecule has 1 aliphatic heterocycles. The number of hydrogen-bond donors (Lipinski definition) is 0. The second-order valence-corrected chi connectivity index (χ2v) is 6.57. The van der Waals surface area contributed by atoms with Crippen LogP contribution in [0.4, 0.5) is 5.95 Å². The van der Waals surface area contributed by atoms with Crippen LogP contribution in [0.25, 0.3) is 0 Å². The van der Waals surface area contributed by atoms with Crippen LogP contribution < -0.4 is 4.90 Å². The maximum absolute atomic E-state index is 4.75. The van der Waals surface area contributed by atoms with Crippen molar-refractivity contribution < 1.29 is 0 Å². The number of aromatic nitrogens is 2. The highest BCUT2D eigenvalue weighted by molar-refractivity contribution is 7.07. The molecule has 21 heavy (non-hydrogen) atoms. The van der Waals surface area contributed by atoms with Crippen LogP contribution in [0.15, 0.2) is 29.1 Å². The Morgan fingerprint density at radius 3 is 3.00 bits per heavy atom. The predicted molar refractivity (Wildman–Crippen MR) is 87.7 cm³/mol. The molecule has 0 aromatic carbocycles. The number of rotatable bonds is 4. The van der Waals surface area contributed by atoms with E-state index in [1.54, 1.807) is 11.3 Å². The van der Waals surface area contributed by atoms with Crippen molar-refractivity contribution in [3.05, 3.63) is 40.3 Å². The zero-order valence-corrected chi connectivity index (χ0v) is 13.5. The van der Waals surface area contributed by atoms with Crippen molar-refractivity contribution in [2.45, 2.75) is 31.8 Å². The van der Waals surface area contributed by atoms with Crippen LogP contribution in [0.1, 0.15) is 36.6 Å². The summed E-state index contributed by atoms with van der Waals surface area (Å²) in [7, 11) is 3.98. The van der Waals surface area contributed by atoms with Gasteiger partial charge in [-0.25, -0.2) is 9.97 Å². The lowest BCUT2D eigenvalue weighted by atomic mass is 9.98. The number of piperidine rings is 1. The first-order valence-corrected chi connectivity index (χ1v) is 8.44. The van der Waals surface area contributed by atoms with E-state index < -0.39 is 0 Å². The fraction of sp³-hybridized carbons (Fsp3) is 0.500. The number of likely N-dealkylation sites (tertiary alicyclic amines) is 1. The summed E-state index contributed by atoms with van der Waals surface area (Å²) >= 11 is 1.77. The average molecular weight is 302 g/mol. The SMILES string of the molecule is CN(C)c1nccc(C2CCCCN2Cc2ccsc2)n1. The molecule has 0 N–H and O–H groups in total. The third-order valence-corrected chi connectivity index (χ3v) is 4.72. The molecular formula is C16H22N4S. The first-order valence-electron chi connectivity index (χ1n) is 7.49. The maximum atomic E-state index is 4.75. The van der Waals surface area contributed by atoms with Crippen LogP contribution in [0, 0.1) is 0 Å². The standard InChI is InChI=1S/C16H22N4S/c1-19(2)16-17-8-6-14(18-16)15-5-3-4-9-20(15)11-13-7-10-21-12-13/h6-8,10,12,15H,3-5,9,11H2,1-2H3. The largest absolute Gasteiger partial charge is 0.347 e. The van der Waals surface area contributed by atoms with E-state index in [2.05, 4.69) is 32.8 Å². The normalized spacial score (nSPS) is 19.6. The van der Waals surface area contributed by atoms with Gasteiger partial charge in [0.25, 0.3) is 0 Å². The van der Waals surface area contributed by atoms with Crippen molar-refractivity contribution in [3.63, 3.8) is 0 Å². The highest BCUT2D eigenvalue weighted by Gasteiger charge is 2.25. The smallest absolute Gasteiger partial charge is 0.225 e. The van der Waals surface area contributed by atoms with Crippen LogP contribution in [0.3, 0.4) is 0 Å². The Morgan fingerprint density at radius 1 is 1.33 bits per heavy atom. The van der Waals surface area contributed by atoms with Crippen molar-refractivity contribution in [1.29, 1.82) is 0 Å². The van der Waals surface area contributed by atoms with Gasteiger partial charge in [-0.15, -0.1) is 0 Å². The van der Waals surface area contributed by atoms with Gasteiger partial charge in [-0.05, 0) is 47.8 Å². The number of thiophene rings is 1. The molecule has 2 aromatic rings. The van der Waals surface area contributed by atoms with E-state index in [-0.39, 0.29) is 0 Å². The Hall–Kier alpha value is -1.46. The van der Waals surface area contributed by atoms with E-state index in [1.807, 2.05) is 25.2 Å². The summed E-state index contributed by atoms with van der Waals surface area (Å²) in [6.07, 6.45) is 5.64. The lowest BCUT2D eigenvalue weighted by Crippen LogP contribution is -2.33. The molecule has 0 saturated carbocycles. The minimum atomic E-state index is 0.417. The first-order chi connectivity index (χ1) is 10.2. The van der Waals surface area contributed by atoms with E-state index >= 15 is 0 Å². The van der Waals surface area contributed by atoms with E-state index in [9.17, 15) is 0 Å². The Balaban J connectivity index is 1.81. The van der Waals surface area contributed by atoms with Gasteiger partial charge in [-0.3, -0.25) is 4.90 Å². The monoisotopic (exact) mass is 302 g/mol. The summed E-state index contributed by atoms with van der Waals surface area (Å²) < 4.78 is 0. The molecule has 0 aliphatic carbocycles. The van der Waals surface area contributed by atoms with Crippen LogP contribution in [0.2, 0.25) is 0 Å². The molecular weight excluding hydrogens is 280 g/mol. The molecule has 3 heterocycles. The molecule has 5 heteroatoms. The summed E-state index contributed by atoms with van der Waals surface area (Å²) in [4.78, 5) is 13.6. The van der Waals surface area contributed by atoms with Crippen molar-refractivity contribution >= 4 is 17.3 Å². The van der Waals surface area contributed by atoms with Gasteiger partial charge in [0.1, 0.15) is 0 Å². The van der Waals surface area contributed by atoms with Crippen LogP contribution in [-0.2, 0) is 6.54 Å². The zero-order chi connectivity index (χ0) is 14.7. The van der Waals surface area contributed by atoms with Crippen molar-refractivity contribution in [2.24, 2.45) is 0 Å². The molecule has 0 bridgehead atoms. The van der Waals surface area contributed by atoms with Crippen LogP contribution in [-0.4, -0.2) is 35.5 Å². The van der Waals surface area contributed by atoms with Gasteiger partial charge in [-0.1, -0.05) is 6.42 Å². The predicted octanol–water partition coefficient (Wildman–Crippen LogP) is 3.33. The number of nitrogens with zero attached hydrogens (tertiary/aromatic N) is 4. The second-order valence-electron chi connectivity index (χ2n) is 5.79. The molecule has 0 amide bonds. The maximum Gasteiger partial charge on any atom is 0.225 e. The quantitative estimate of drug-likeness (QED) is 0.867. The van der Waals surface area contributed by atoms with Gasteiger partial charge in [-0.2, -0.15) is 11.3 Å². The van der Waals surface area contributed by atoms with Gasteiger partial charge in [0.2, 0.25) is 5.95 Å². The number of anilines is 1. The average Bonchev–Trinajstić information content (AvgIpc) is 3.01. The minimum absolute atomic E-state index is 0.417. The Morgan fingerprint density at radius 2 is 2.24 bits per heavy atom. The van der Waals surface area contributed by atoms with E-state index in [1.165, 1.54) is 24.8 Å². The Kier molecular flexibility index (Phi) is 4.51. The van der Waals surface area contributed by atoms with Crippen LogP contribution in [0.5, 0.6) is 0 Å². The first kappa shape index (κ1) is 14.5. The molecule has 0 radical (unpaired) electrons. The molecule has 1 atom stereocenters. The Bertz CT molecular complexity index is 567. The highest BCUT2D eigenvalue weighted by atomic mass is 32.1. The molecule has 2 aromatic heterocycles. The van der Waals surface area contributed by atoms with Gasteiger partial charge in [0, 0.05) is 26.8 Å². The molecule has 1 fully saturated rings. The summed E-state index contributed by atoms with van der Waals surface area (Å²) in [6.45, 7) is 2.18. The summed E-state index contributed by atoms with van der Waals surface area (Å²) in [5.41, 5.74) is 2.57. The molecule has 1 aliphatic rings. The van der Waals surface area contributed by atoms with Crippen LogP contribution >= 0.6 is 11.3 Å². The lowest BCUT2D eigenvalue weighted by Gasteiger charge is -2.35. The zero-order valence-electron chi connectivity index (χ0n) is 12.7. The third kappa shape index (κ3) is 3.41. The van der Waals surface area contributed by atoms with E-state index in [4.69, 9.17) is 4.98 Å². The van der Waals surface area contributed by atoms with Gasteiger partial charge in [0.05, 0.1) is 11.7 Å². The topological polar surface area (TPSA) is 32.3 Å². The Labute approximate surface area is 130 Å². The molecule has 1 saturated heterocycles. The second kappa shape index (κ2) is 6.54. The summed E-state index contributed by atoms with van der Waals surface area (Å²) in [5, 5.41) is 4.40. The lowest BCUT2D eigenvalue weighted by molar-refractivity contribution is 0.137. The fourth-order valence-corrected chi connectivity index (χ4v) is 3.56. The van der Waals surface area contributed by atoms with E-state index in [0.29, 0.717) is 6.04 Å².